The van der Waals surface area contributed by atoms with E-state index in [4.69, 9.17) is 4.98 Å². The summed E-state index contributed by atoms with van der Waals surface area (Å²) in [6.45, 7) is 10.4. The number of hydrogen-bond donors (Lipinski definition) is 2. The predicted octanol–water partition coefficient (Wildman–Crippen LogP) is 4.78. The zero-order valence-corrected chi connectivity index (χ0v) is 18.4. The molecule has 0 saturated heterocycles. The van der Waals surface area contributed by atoms with Crippen LogP contribution in [0.25, 0.3) is 0 Å². The summed E-state index contributed by atoms with van der Waals surface area (Å²) in [5.41, 5.74) is 3.93. The average molecular weight is 410 g/mol. The minimum absolute atomic E-state index is 0.112. The SMILES string of the molecule is Cc1cccc([C@@H]2C3=C(CC(C)(C)CC3=O)Nc3nc(SC(C)C)[nH]c(=O)c32)c1. The molecule has 0 saturated carbocycles. The number of aromatic amines is 1. The van der Waals surface area contributed by atoms with Gasteiger partial charge in [-0.05, 0) is 24.3 Å². The molecule has 29 heavy (non-hydrogen) atoms. The Balaban J connectivity index is 1.94. The molecular formula is C23H27N3O2S. The van der Waals surface area contributed by atoms with Crippen LogP contribution in [0.5, 0.6) is 0 Å². The Morgan fingerprint density at radius 1 is 1.21 bits per heavy atom. The Hall–Kier alpha value is -2.34. The first kappa shape index (κ1) is 20.0. The highest BCUT2D eigenvalue weighted by atomic mass is 32.2. The Bertz CT molecular complexity index is 1080. The van der Waals surface area contributed by atoms with Crippen LogP contribution in [0.1, 0.15) is 63.1 Å². The molecule has 6 heteroatoms. The van der Waals surface area contributed by atoms with Gasteiger partial charge in [0.15, 0.2) is 10.9 Å². The van der Waals surface area contributed by atoms with E-state index in [9.17, 15) is 9.59 Å². The quantitative estimate of drug-likeness (QED) is 0.564. The number of hydrogen-bond acceptors (Lipinski definition) is 5. The first-order valence-electron chi connectivity index (χ1n) is 10.1. The molecule has 0 spiro atoms. The molecule has 2 aromatic rings. The predicted molar refractivity (Wildman–Crippen MR) is 118 cm³/mol. The highest BCUT2D eigenvalue weighted by molar-refractivity contribution is 7.99. The van der Waals surface area contributed by atoms with E-state index in [1.54, 1.807) is 0 Å². The van der Waals surface area contributed by atoms with Crippen molar-refractivity contribution in [2.24, 2.45) is 5.41 Å². The number of aryl methyl sites for hydroxylation is 1. The van der Waals surface area contributed by atoms with Gasteiger partial charge in [-0.2, -0.15) is 0 Å². The average Bonchev–Trinajstić information content (AvgIpc) is 2.58. The van der Waals surface area contributed by atoms with Crippen LogP contribution in [0.2, 0.25) is 0 Å². The number of allylic oxidation sites excluding steroid dienone is 2. The van der Waals surface area contributed by atoms with Crippen molar-refractivity contribution >= 4 is 23.4 Å². The summed E-state index contributed by atoms with van der Waals surface area (Å²) in [6.07, 6.45) is 1.24. The second kappa shape index (κ2) is 7.17. The monoisotopic (exact) mass is 409 g/mol. The van der Waals surface area contributed by atoms with E-state index in [1.165, 1.54) is 11.8 Å². The van der Waals surface area contributed by atoms with E-state index in [2.05, 4.69) is 44.1 Å². The molecule has 1 aromatic heterocycles. The smallest absolute Gasteiger partial charge is 0.257 e. The summed E-state index contributed by atoms with van der Waals surface area (Å²) in [4.78, 5) is 34.0. The van der Waals surface area contributed by atoms with Gasteiger partial charge >= 0.3 is 0 Å². The highest BCUT2D eigenvalue weighted by Gasteiger charge is 2.42. The summed E-state index contributed by atoms with van der Waals surface area (Å²) in [6, 6.07) is 8.07. The number of ketones is 1. The van der Waals surface area contributed by atoms with Crippen LogP contribution >= 0.6 is 11.8 Å². The zero-order chi connectivity index (χ0) is 20.9. The first-order chi connectivity index (χ1) is 13.6. The fourth-order valence-corrected chi connectivity index (χ4v) is 5.10. The standard InChI is InChI=1S/C23H27N3O2S/c1-12(2)29-22-25-20-19(21(28)26-22)17(14-8-6-7-13(3)9-14)18-15(24-20)10-23(4,5)11-16(18)27/h6-9,12,17H,10-11H2,1-5H3,(H2,24,25,26,28)/t17-/m1/s1. The van der Waals surface area contributed by atoms with Crippen molar-refractivity contribution in [2.45, 2.75) is 63.8 Å². The van der Waals surface area contributed by atoms with Gasteiger partial charge in [-0.1, -0.05) is 69.3 Å². The largest absolute Gasteiger partial charge is 0.343 e. The number of aromatic nitrogens is 2. The molecule has 0 radical (unpaired) electrons. The molecule has 1 aliphatic carbocycles. The molecule has 4 rings (SSSR count). The maximum absolute atomic E-state index is 13.2. The van der Waals surface area contributed by atoms with Crippen molar-refractivity contribution in [3.05, 3.63) is 62.6 Å². The lowest BCUT2D eigenvalue weighted by Crippen LogP contribution is -2.37. The lowest BCUT2D eigenvalue weighted by Gasteiger charge is -2.38. The van der Waals surface area contributed by atoms with Gasteiger partial charge in [-0.3, -0.25) is 9.59 Å². The molecule has 2 N–H and O–H groups in total. The van der Waals surface area contributed by atoms with Crippen molar-refractivity contribution in [3.63, 3.8) is 0 Å². The minimum atomic E-state index is -0.390. The van der Waals surface area contributed by atoms with Crippen molar-refractivity contribution in [1.82, 2.24) is 9.97 Å². The number of carbonyl (C=O) groups is 1. The number of H-pyrrole nitrogens is 1. The van der Waals surface area contributed by atoms with Crippen LogP contribution in [0.15, 0.2) is 45.5 Å². The molecule has 0 fully saturated rings. The summed E-state index contributed by atoms with van der Waals surface area (Å²) in [5, 5.41) is 4.27. The normalized spacial score (nSPS) is 20.3. The van der Waals surface area contributed by atoms with Gasteiger partial charge < -0.3 is 10.3 Å². The van der Waals surface area contributed by atoms with Crippen molar-refractivity contribution in [3.8, 4) is 0 Å². The first-order valence-corrected chi connectivity index (χ1v) is 10.9. The number of nitrogens with zero attached hydrogens (tertiary/aromatic N) is 1. The fraction of sp³-hybridized carbons (Fsp3) is 0.435. The molecule has 2 aliphatic rings. The van der Waals surface area contributed by atoms with Crippen LogP contribution in [-0.4, -0.2) is 21.0 Å². The topological polar surface area (TPSA) is 74.8 Å². The number of rotatable bonds is 3. The van der Waals surface area contributed by atoms with Crippen LogP contribution in [-0.2, 0) is 4.79 Å². The molecule has 2 heterocycles. The van der Waals surface area contributed by atoms with E-state index in [-0.39, 0.29) is 22.7 Å². The maximum Gasteiger partial charge on any atom is 0.257 e. The number of Topliss-reactive ketones (excluding diaryl/α,β-unsaturated/α-hetero) is 1. The second-order valence-corrected chi connectivity index (χ2v) is 10.7. The Kier molecular flexibility index (Phi) is 4.93. The number of fused-ring (bicyclic) bond motifs is 1. The highest BCUT2D eigenvalue weighted by Crippen LogP contribution is 2.47. The number of thioether (sulfide) groups is 1. The Labute approximate surface area is 175 Å². The van der Waals surface area contributed by atoms with E-state index in [0.717, 1.165) is 28.8 Å². The summed E-state index contributed by atoms with van der Waals surface area (Å²) < 4.78 is 0. The van der Waals surface area contributed by atoms with Crippen LogP contribution in [0, 0.1) is 12.3 Å². The minimum Gasteiger partial charge on any atom is -0.343 e. The molecule has 1 aromatic carbocycles. The molecule has 0 unspecified atom stereocenters. The lowest BCUT2D eigenvalue weighted by atomic mass is 9.69. The van der Waals surface area contributed by atoms with E-state index in [0.29, 0.717) is 28.2 Å². The summed E-state index contributed by atoms with van der Waals surface area (Å²) in [5.74, 6) is 0.299. The van der Waals surface area contributed by atoms with Crippen molar-refractivity contribution in [2.75, 3.05) is 5.32 Å². The van der Waals surface area contributed by atoms with Crippen molar-refractivity contribution < 1.29 is 4.79 Å². The number of benzene rings is 1. The van der Waals surface area contributed by atoms with Gasteiger partial charge in [-0.15, -0.1) is 0 Å². The molecule has 0 amide bonds. The summed E-state index contributed by atoms with van der Waals surface area (Å²) in [7, 11) is 0. The van der Waals surface area contributed by atoms with Gasteiger partial charge in [0.25, 0.3) is 5.56 Å². The lowest BCUT2D eigenvalue weighted by molar-refractivity contribution is -0.118. The summed E-state index contributed by atoms with van der Waals surface area (Å²) >= 11 is 1.52. The third-order valence-corrected chi connectivity index (χ3v) is 6.31. The van der Waals surface area contributed by atoms with E-state index < -0.39 is 0 Å². The Morgan fingerprint density at radius 2 is 1.97 bits per heavy atom. The molecule has 0 bridgehead atoms. The van der Waals surface area contributed by atoms with Gasteiger partial charge in [0.1, 0.15) is 5.82 Å². The van der Waals surface area contributed by atoms with E-state index >= 15 is 0 Å². The van der Waals surface area contributed by atoms with Crippen LogP contribution in [0.4, 0.5) is 5.82 Å². The van der Waals surface area contributed by atoms with Crippen molar-refractivity contribution in [1.29, 1.82) is 0 Å². The number of carbonyl (C=O) groups excluding carboxylic acids is 1. The molecule has 152 valence electrons. The van der Waals surface area contributed by atoms with E-state index in [1.807, 2.05) is 25.1 Å². The molecular weight excluding hydrogens is 382 g/mol. The van der Waals surface area contributed by atoms with Gasteiger partial charge in [0, 0.05) is 28.9 Å². The van der Waals surface area contributed by atoms with Gasteiger partial charge in [-0.25, -0.2) is 4.98 Å². The Morgan fingerprint density at radius 3 is 2.66 bits per heavy atom. The van der Waals surface area contributed by atoms with Gasteiger partial charge in [0.2, 0.25) is 0 Å². The van der Waals surface area contributed by atoms with Crippen LogP contribution < -0.4 is 10.9 Å². The molecule has 1 aliphatic heterocycles. The fourth-order valence-electron chi connectivity index (χ4n) is 4.36. The second-order valence-electron chi connectivity index (χ2n) is 9.11. The molecule has 1 atom stereocenters. The maximum atomic E-state index is 13.2. The van der Waals surface area contributed by atoms with Crippen LogP contribution in [0.3, 0.4) is 0 Å². The third kappa shape index (κ3) is 3.78. The third-order valence-electron chi connectivity index (χ3n) is 5.42. The number of anilines is 1. The number of nitrogens with one attached hydrogen (secondary N) is 2. The molecule has 5 nitrogen and oxygen atoms in total. The van der Waals surface area contributed by atoms with Gasteiger partial charge in [0.05, 0.1) is 5.56 Å². The zero-order valence-electron chi connectivity index (χ0n) is 17.6.